The highest BCUT2D eigenvalue weighted by atomic mass is 79.9. The molecule has 0 saturated heterocycles. The second-order valence-corrected chi connectivity index (χ2v) is 5.25. The van der Waals surface area contributed by atoms with Gasteiger partial charge in [-0.2, -0.15) is 0 Å². The summed E-state index contributed by atoms with van der Waals surface area (Å²) >= 11 is 6.69. The molecule has 17 heavy (non-hydrogen) atoms. The Morgan fingerprint density at radius 2 is 1.76 bits per heavy atom. The minimum Gasteiger partial charge on any atom is -0.481 e. The summed E-state index contributed by atoms with van der Waals surface area (Å²) in [4.78, 5) is 21.8. The number of carbonyl (C=O) groups is 2. The number of aliphatic carboxylic acids is 1. The number of hydrogen-bond acceptors (Lipinski definition) is 2. The van der Waals surface area contributed by atoms with Crippen LogP contribution in [0.5, 0.6) is 0 Å². The van der Waals surface area contributed by atoms with Crippen LogP contribution in [0.15, 0.2) is 21.1 Å². The molecule has 0 fully saturated rings. The summed E-state index contributed by atoms with van der Waals surface area (Å²) in [5.41, 5.74) is 1.67. The van der Waals surface area contributed by atoms with Crippen LogP contribution in [0.3, 0.4) is 0 Å². The zero-order valence-electron chi connectivity index (χ0n) is 9.09. The average molecular weight is 365 g/mol. The van der Waals surface area contributed by atoms with Gasteiger partial charge in [-0.1, -0.05) is 0 Å². The van der Waals surface area contributed by atoms with Crippen LogP contribution in [0.25, 0.3) is 0 Å². The summed E-state index contributed by atoms with van der Waals surface area (Å²) in [5.74, 6) is -1.31. The third kappa shape index (κ3) is 4.47. The molecule has 0 saturated carbocycles. The molecule has 1 aromatic carbocycles. The fourth-order valence-electron chi connectivity index (χ4n) is 1.24. The highest BCUT2D eigenvalue weighted by Gasteiger charge is 2.11. The lowest BCUT2D eigenvalue weighted by Gasteiger charge is -2.10. The van der Waals surface area contributed by atoms with E-state index >= 15 is 0 Å². The Labute approximate surface area is 116 Å². The quantitative estimate of drug-likeness (QED) is 0.861. The molecule has 0 atom stereocenters. The van der Waals surface area contributed by atoms with Crippen LogP contribution < -0.4 is 5.32 Å². The average Bonchev–Trinajstić information content (AvgIpc) is 2.20. The van der Waals surface area contributed by atoms with E-state index in [1.54, 1.807) is 0 Å². The first-order chi connectivity index (χ1) is 7.90. The fraction of sp³-hybridized carbons (Fsp3) is 0.273. The van der Waals surface area contributed by atoms with Gasteiger partial charge < -0.3 is 10.4 Å². The Bertz CT molecular complexity index is 437. The molecule has 0 aliphatic carbocycles. The number of carboxylic acids is 1. The molecular weight excluding hydrogens is 354 g/mol. The molecule has 0 heterocycles. The van der Waals surface area contributed by atoms with Gasteiger partial charge in [0, 0.05) is 15.4 Å². The van der Waals surface area contributed by atoms with Crippen LogP contribution in [0.1, 0.15) is 18.4 Å². The summed E-state index contributed by atoms with van der Waals surface area (Å²) in [7, 11) is 0. The Morgan fingerprint density at radius 3 is 2.24 bits per heavy atom. The molecule has 0 spiro atoms. The Kier molecular flexibility index (Phi) is 5.14. The lowest BCUT2D eigenvalue weighted by molar-refractivity contribution is -0.138. The van der Waals surface area contributed by atoms with E-state index in [9.17, 15) is 9.59 Å². The lowest BCUT2D eigenvalue weighted by Crippen LogP contribution is -2.14. The van der Waals surface area contributed by atoms with Crippen molar-refractivity contribution in [3.05, 3.63) is 26.6 Å². The monoisotopic (exact) mass is 363 g/mol. The fourth-order valence-corrected chi connectivity index (χ4v) is 2.86. The lowest BCUT2D eigenvalue weighted by atomic mass is 10.2. The molecule has 0 unspecified atom stereocenters. The Morgan fingerprint density at radius 1 is 1.24 bits per heavy atom. The van der Waals surface area contributed by atoms with Crippen molar-refractivity contribution in [2.45, 2.75) is 19.8 Å². The molecule has 0 bridgehead atoms. The number of halogens is 2. The van der Waals surface area contributed by atoms with Gasteiger partial charge in [0.15, 0.2) is 0 Å². The van der Waals surface area contributed by atoms with Gasteiger partial charge in [-0.25, -0.2) is 0 Å². The standard InChI is InChI=1S/C11H11Br2NO3/c1-6-4-7(12)11(8(13)5-6)14-9(15)2-3-10(16)17/h4-5H,2-3H2,1H3,(H,14,15)(H,16,17). The summed E-state index contributed by atoms with van der Waals surface area (Å²) in [6.45, 7) is 1.94. The molecular formula is C11H11Br2NO3. The SMILES string of the molecule is Cc1cc(Br)c(NC(=O)CCC(=O)O)c(Br)c1. The number of hydrogen-bond donors (Lipinski definition) is 2. The molecule has 0 aliphatic rings. The van der Waals surface area contributed by atoms with Crippen molar-refractivity contribution in [2.24, 2.45) is 0 Å². The van der Waals surface area contributed by atoms with Crippen molar-refractivity contribution in [3.8, 4) is 0 Å². The van der Waals surface area contributed by atoms with Crippen LogP contribution in [0.2, 0.25) is 0 Å². The molecule has 0 aromatic heterocycles. The maximum Gasteiger partial charge on any atom is 0.303 e. The first-order valence-corrected chi connectivity index (χ1v) is 6.46. The number of nitrogens with one attached hydrogen (secondary N) is 1. The van der Waals surface area contributed by atoms with Gasteiger partial charge in [0.1, 0.15) is 0 Å². The highest BCUT2D eigenvalue weighted by Crippen LogP contribution is 2.32. The van der Waals surface area contributed by atoms with Gasteiger partial charge in [0.2, 0.25) is 5.91 Å². The van der Waals surface area contributed by atoms with Crippen molar-refractivity contribution < 1.29 is 14.7 Å². The molecule has 4 nitrogen and oxygen atoms in total. The molecule has 92 valence electrons. The number of carboxylic acid groups (broad SMARTS) is 1. The number of amides is 1. The van der Waals surface area contributed by atoms with E-state index in [1.807, 2.05) is 19.1 Å². The first kappa shape index (κ1) is 14.2. The van der Waals surface area contributed by atoms with Crippen LogP contribution in [-0.2, 0) is 9.59 Å². The smallest absolute Gasteiger partial charge is 0.303 e. The van der Waals surface area contributed by atoms with Crippen LogP contribution >= 0.6 is 31.9 Å². The van der Waals surface area contributed by atoms with Crippen molar-refractivity contribution in [1.82, 2.24) is 0 Å². The number of anilines is 1. The van der Waals surface area contributed by atoms with Gasteiger partial charge in [-0.3, -0.25) is 9.59 Å². The van der Waals surface area contributed by atoms with E-state index in [0.29, 0.717) is 5.69 Å². The maximum absolute atomic E-state index is 11.5. The third-order valence-electron chi connectivity index (χ3n) is 2.02. The number of carbonyl (C=O) groups excluding carboxylic acids is 1. The number of aryl methyl sites for hydroxylation is 1. The summed E-state index contributed by atoms with van der Waals surface area (Å²) < 4.78 is 1.51. The predicted molar refractivity (Wildman–Crippen MR) is 72.1 cm³/mol. The van der Waals surface area contributed by atoms with E-state index in [0.717, 1.165) is 14.5 Å². The van der Waals surface area contributed by atoms with Gasteiger partial charge in [0.25, 0.3) is 0 Å². The van der Waals surface area contributed by atoms with Crippen LogP contribution in [0.4, 0.5) is 5.69 Å². The molecule has 0 aliphatic heterocycles. The highest BCUT2D eigenvalue weighted by molar-refractivity contribution is 9.11. The minimum atomic E-state index is -0.984. The third-order valence-corrected chi connectivity index (χ3v) is 3.27. The molecule has 6 heteroatoms. The molecule has 1 aromatic rings. The first-order valence-electron chi connectivity index (χ1n) is 4.87. The predicted octanol–water partition coefficient (Wildman–Crippen LogP) is 3.32. The van der Waals surface area contributed by atoms with E-state index < -0.39 is 5.97 Å². The summed E-state index contributed by atoms with van der Waals surface area (Å²) in [6, 6.07) is 3.75. The van der Waals surface area contributed by atoms with Crippen molar-refractivity contribution in [2.75, 3.05) is 5.32 Å². The normalized spacial score (nSPS) is 10.1. The minimum absolute atomic E-state index is 0.0396. The zero-order chi connectivity index (χ0) is 13.0. The summed E-state index contributed by atoms with van der Waals surface area (Å²) in [5, 5.41) is 11.1. The van der Waals surface area contributed by atoms with Gasteiger partial charge in [-0.15, -0.1) is 0 Å². The topological polar surface area (TPSA) is 66.4 Å². The maximum atomic E-state index is 11.5. The van der Waals surface area contributed by atoms with E-state index in [2.05, 4.69) is 37.2 Å². The van der Waals surface area contributed by atoms with Crippen molar-refractivity contribution in [1.29, 1.82) is 0 Å². The van der Waals surface area contributed by atoms with Crippen LogP contribution in [0, 0.1) is 6.92 Å². The molecule has 0 radical (unpaired) electrons. The van der Waals surface area contributed by atoms with Crippen LogP contribution in [-0.4, -0.2) is 17.0 Å². The second kappa shape index (κ2) is 6.16. The van der Waals surface area contributed by atoms with Gasteiger partial charge in [-0.05, 0) is 56.5 Å². The molecule has 1 amide bonds. The van der Waals surface area contributed by atoms with E-state index in [1.165, 1.54) is 0 Å². The van der Waals surface area contributed by atoms with E-state index in [4.69, 9.17) is 5.11 Å². The molecule has 1 rings (SSSR count). The largest absolute Gasteiger partial charge is 0.481 e. The zero-order valence-corrected chi connectivity index (χ0v) is 12.3. The van der Waals surface area contributed by atoms with Gasteiger partial charge in [0.05, 0.1) is 12.1 Å². The van der Waals surface area contributed by atoms with Crippen molar-refractivity contribution in [3.63, 3.8) is 0 Å². The Balaban J connectivity index is 2.75. The van der Waals surface area contributed by atoms with E-state index in [-0.39, 0.29) is 18.7 Å². The Hall–Kier alpha value is -0.880. The number of benzene rings is 1. The number of rotatable bonds is 4. The van der Waals surface area contributed by atoms with Gasteiger partial charge >= 0.3 is 5.97 Å². The summed E-state index contributed by atoms with van der Waals surface area (Å²) in [6.07, 6.45) is -0.213. The second-order valence-electron chi connectivity index (χ2n) is 3.55. The van der Waals surface area contributed by atoms with Crippen molar-refractivity contribution >= 4 is 49.4 Å². The molecule has 2 N–H and O–H groups in total.